The van der Waals surface area contributed by atoms with Crippen molar-refractivity contribution in [1.29, 1.82) is 0 Å². The SMILES string of the molecule is CCOc1sc2cccc(Br)c2c1Cl. The maximum absolute atomic E-state index is 6.20. The van der Waals surface area contributed by atoms with Gasteiger partial charge in [-0.2, -0.15) is 0 Å². The fraction of sp³-hybridized carbons (Fsp3) is 0.200. The minimum atomic E-state index is 0.643. The molecule has 2 aromatic rings. The van der Waals surface area contributed by atoms with E-state index in [4.69, 9.17) is 16.3 Å². The monoisotopic (exact) mass is 290 g/mol. The lowest BCUT2D eigenvalue weighted by molar-refractivity contribution is 0.351. The first-order valence-electron chi connectivity index (χ1n) is 4.23. The van der Waals surface area contributed by atoms with Crippen LogP contribution < -0.4 is 4.74 Å². The van der Waals surface area contributed by atoms with Gasteiger partial charge in [0, 0.05) is 14.6 Å². The summed E-state index contributed by atoms with van der Waals surface area (Å²) in [4.78, 5) is 0. The number of ether oxygens (including phenoxy) is 1. The molecule has 14 heavy (non-hydrogen) atoms. The molecule has 1 aromatic carbocycles. The van der Waals surface area contributed by atoms with Crippen molar-refractivity contribution in [3.63, 3.8) is 0 Å². The Morgan fingerprint density at radius 1 is 1.50 bits per heavy atom. The molecule has 0 atom stereocenters. The largest absolute Gasteiger partial charge is 0.483 e. The molecular formula is C10H8BrClOS. The van der Waals surface area contributed by atoms with Crippen molar-refractivity contribution in [3.05, 3.63) is 27.7 Å². The number of halogens is 2. The van der Waals surface area contributed by atoms with Crippen LogP contribution in [0, 0.1) is 0 Å². The van der Waals surface area contributed by atoms with Crippen molar-refractivity contribution in [1.82, 2.24) is 0 Å². The first-order valence-corrected chi connectivity index (χ1v) is 6.22. The van der Waals surface area contributed by atoms with Crippen LogP contribution in [-0.4, -0.2) is 6.61 Å². The number of hydrogen-bond donors (Lipinski definition) is 0. The number of benzene rings is 1. The Hall–Kier alpha value is -0.250. The predicted octanol–water partition coefficient (Wildman–Crippen LogP) is 4.72. The van der Waals surface area contributed by atoms with Crippen molar-refractivity contribution in [2.75, 3.05) is 6.61 Å². The Balaban J connectivity index is 2.68. The molecule has 0 fully saturated rings. The van der Waals surface area contributed by atoms with Crippen molar-refractivity contribution in [2.45, 2.75) is 6.92 Å². The molecule has 0 bridgehead atoms. The standard InChI is InChI=1S/C10H8BrClOS/c1-2-13-10-9(12)8-6(11)4-3-5-7(8)14-10/h3-5H,2H2,1H3. The van der Waals surface area contributed by atoms with Crippen LogP contribution >= 0.6 is 38.9 Å². The molecule has 0 unspecified atom stereocenters. The lowest BCUT2D eigenvalue weighted by Crippen LogP contribution is -1.87. The van der Waals surface area contributed by atoms with Gasteiger partial charge in [-0.15, -0.1) is 0 Å². The van der Waals surface area contributed by atoms with Gasteiger partial charge in [-0.05, 0) is 19.1 Å². The maximum Gasteiger partial charge on any atom is 0.194 e. The van der Waals surface area contributed by atoms with E-state index in [0.717, 1.165) is 19.6 Å². The first kappa shape index (κ1) is 10.3. The fourth-order valence-electron chi connectivity index (χ4n) is 1.27. The number of rotatable bonds is 2. The number of hydrogen-bond acceptors (Lipinski definition) is 2. The normalized spacial score (nSPS) is 10.8. The third-order valence-corrected chi connectivity index (χ3v) is 4.05. The molecule has 0 aliphatic heterocycles. The van der Waals surface area contributed by atoms with Gasteiger partial charge < -0.3 is 4.74 Å². The molecule has 0 amide bonds. The minimum absolute atomic E-state index is 0.643. The van der Waals surface area contributed by atoms with Crippen molar-refractivity contribution < 1.29 is 4.74 Å². The van der Waals surface area contributed by atoms with Gasteiger partial charge in [0.15, 0.2) is 5.06 Å². The molecule has 0 N–H and O–H groups in total. The van der Waals surface area contributed by atoms with Crippen LogP contribution in [-0.2, 0) is 0 Å². The lowest BCUT2D eigenvalue weighted by Gasteiger charge is -1.98. The summed E-state index contributed by atoms with van der Waals surface area (Å²) >= 11 is 11.3. The van der Waals surface area contributed by atoms with Crippen LogP contribution in [0.1, 0.15) is 6.92 Å². The van der Waals surface area contributed by atoms with E-state index in [0.29, 0.717) is 11.6 Å². The molecule has 0 aliphatic carbocycles. The van der Waals surface area contributed by atoms with Gasteiger partial charge in [0.1, 0.15) is 5.02 Å². The Morgan fingerprint density at radius 2 is 2.29 bits per heavy atom. The molecule has 2 rings (SSSR count). The topological polar surface area (TPSA) is 9.23 Å². The Labute approximate surface area is 99.8 Å². The van der Waals surface area contributed by atoms with E-state index in [9.17, 15) is 0 Å². The lowest BCUT2D eigenvalue weighted by atomic mass is 10.3. The maximum atomic E-state index is 6.20. The van der Waals surface area contributed by atoms with Crippen molar-refractivity contribution in [2.24, 2.45) is 0 Å². The van der Waals surface area contributed by atoms with Crippen LogP contribution in [0.3, 0.4) is 0 Å². The molecular weight excluding hydrogens is 284 g/mol. The summed E-state index contributed by atoms with van der Waals surface area (Å²) in [5.74, 6) is 0. The number of thiophene rings is 1. The van der Waals surface area contributed by atoms with Gasteiger partial charge in [-0.25, -0.2) is 0 Å². The zero-order valence-electron chi connectivity index (χ0n) is 7.51. The quantitative estimate of drug-likeness (QED) is 0.778. The van der Waals surface area contributed by atoms with Gasteiger partial charge in [-0.1, -0.05) is 44.9 Å². The summed E-state index contributed by atoms with van der Waals surface area (Å²) in [5.41, 5.74) is 0. The molecule has 4 heteroatoms. The fourth-order valence-corrected chi connectivity index (χ4v) is 3.54. The van der Waals surface area contributed by atoms with E-state index in [-0.39, 0.29) is 0 Å². The van der Waals surface area contributed by atoms with Gasteiger partial charge in [0.05, 0.1) is 6.61 Å². The molecule has 0 radical (unpaired) electrons. The van der Waals surface area contributed by atoms with Crippen LogP contribution in [0.5, 0.6) is 5.06 Å². The molecule has 1 aromatic heterocycles. The third kappa shape index (κ3) is 1.64. The summed E-state index contributed by atoms with van der Waals surface area (Å²) in [6.45, 7) is 2.60. The minimum Gasteiger partial charge on any atom is -0.483 e. The van der Waals surface area contributed by atoms with Gasteiger partial charge in [0.2, 0.25) is 0 Å². The highest BCUT2D eigenvalue weighted by molar-refractivity contribution is 9.10. The summed E-state index contributed by atoms with van der Waals surface area (Å²) in [7, 11) is 0. The molecule has 0 aliphatic rings. The average Bonchev–Trinajstić information content (AvgIpc) is 2.46. The second-order valence-corrected chi connectivity index (χ2v) is 5.00. The predicted molar refractivity (Wildman–Crippen MR) is 65.7 cm³/mol. The smallest absolute Gasteiger partial charge is 0.194 e. The van der Waals surface area contributed by atoms with E-state index in [1.54, 1.807) is 11.3 Å². The highest BCUT2D eigenvalue weighted by atomic mass is 79.9. The Morgan fingerprint density at radius 3 is 2.93 bits per heavy atom. The Kier molecular flexibility index (Phi) is 3.00. The van der Waals surface area contributed by atoms with Gasteiger partial charge >= 0.3 is 0 Å². The third-order valence-electron chi connectivity index (χ3n) is 1.85. The summed E-state index contributed by atoms with van der Waals surface area (Å²) < 4.78 is 7.60. The number of fused-ring (bicyclic) bond motifs is 1. The zero-order valence-corrected chi connectivity index (χ0v) is 10.7. The highest BCUT2D eigenvalue weighted by Crippen LogP contribution is 2.44. The summed E-state index contributed by atoms with van der Waals surface area (Å²) in [6, 6.07) is 6.02. The van der Waals surface area contributed by atoms with Crippen LogP contribution in [0.15, 0.2) is 22.7 Å². The van der Waals surface area contributed by atoms with E-state index in [1.165, 1.54) is 0 Å². The highest BCUT2D eigenvalue weighted by Gasteiger charge is 2.12. The molecule has 1 nitrogen and oxygen atoms in total. The van der Waals surface area contributed by atoms with E-state index < -0.39 is 0 Å². The molecule has 74 valence electrons. The van der Waals surface area contributed by atoms with Crippen molar-refractivity contribution in [3.8, 4) is 5.06 Å². The van der Waals surface area contributed by atoms with E-state index >= 15 is 0 Å². The summed E-state index contributed by atoms with van der Waals surface area (Å²) in [5, 5.41) is 2.55. The van der Waals surface area contributed by atoms with Crippen molar-refractivity contribution >= 4 is 49.0 Å². The molecule has 0 saturated carbocycles. The van der Waals surface area contributed by atoms with E-state index in [2.05, 4.69) is 15.9 Å². The molecule has 0 saturated heterocycles. The molecule has 1 heterocycles. The summed E-state index contributed by atoms with van der Waals surface area (Å²) in [6.07, 6.45) is 0. The van der Waals surface area contributed by atoms with Gasteiger partial charge in [0.25, 0.3) is 0 Å². The van der Waals surface area contributed by atoms with Crippen LogP contribution in [0.4, 0.5) is 0 Å². The van der Waals surface area contributed by atoms with Crippen LogP contribution in [0.25, 0.3) is 10.1 Å². The average molecular weight is 292 g/mol. The van der Waals surface area contributed by atoms with Gasteiger partial charge in [-0.3, -0.25) is 0 Å². The zero-order chi connectivity index (χ0) is 10.1. The van der Waals surface area contributed by atoms with E-state index in [1.807, 2.05) is 25.1 Å². The first-order chi connectivity index (χ1) is 6.74. The molecule has 0 spiro atoms. The Bertz CT molecular complexity index is 466. The second-order valence-electron chi connectivity index (χ2n) is 2.75. The van der Waals surface area contributed by atoms with Crippen LogP contribution in [0.2, 0.25) is 5.02 Å². The second kappa shape index (κ2) is 4.09.